The summed E-state index contributed by atoms with van der Waals surface area (Å²) in [4.78, 5) is 13.8. The first-order chi connectivity index (χ1) is 9.17. The number of carbonyl (C=O) groups excluding carboxylic acids is 1. The lowest BCUT2D eigenvalue weighted by Crippen LogP contribution is -2.47. The largest absolute Gasteiger partial charge is 0.394 e. The molecule has 19 heavy (non-hydrogen) atoms. The van der Waals surface area contributed by atoms with Gasteiger partial charge in [0.1, 0.15) is 0 Å². The van der Waals surface area contributed by atoms with Crippen LogP contribution in [0.15, 0.2) is 27.9 Å². The van der Waals surface area contributed by atoms with Gasteiger partial charge in [0.05, 0.1) is 12.6 Å². The molecule has 1 saturated carbocycles. The van der Waals surface area contributed by atoms with Crippen LogP contribution in [0, 0.1) is 5.92 Å². The van der Waals surface area contributed by atoms with Crippen molar-refractivity contribution in [2.45, 2.75) is 31.8 Å². The van der Waals surface area contributed by atoms with Gasteiger partial charge in [-0.3, -0.25) is 4.79 Å². The minimum Gasteiger partial charge on any atom is -0.394 e. The molecule has 0 spiro atoms. The Morgan fingerprint density at radius 1 is 1.63 bits per heavy atom. The van der Waals surface area contributed by atoms with Crippen LogP contribution in [0.2, 0.25) is 0 Å². The van der Waals surface area contributed by atoms with Gasteiger partial charge in [0, 0.05) is 16.4 Å². The molecule has 1 atom stereocenters. The molecular weight excluding hydrogens is 326 g/mol. The molecule has 1 N–H and O–H groups in total. The highest BCUT2D eigenvalue weighted by molar-refractivity contribution is 9.10. The number of hydrogen-bond donors (Lipinski definition) is 1. The van der Waals surface area contributed by atoms with Crippen LogP contribution in [0.1, 0.15) is 24.8 Å². The number of rotatable bonds is 6. The summed E-state index contributed by atoms with van der Waals surface area (Å²) in [6.07, 6.45) is 4.72. The van der Waals surface area contributed by atoms with Gasteiger partial charge in [0.15, 0.2) is 0 Å². The summed E-state index contributed by atoms with van der Waals surface area (Å²) in [5.74, 6) is 0.315. The zero-order valence-corrected chi connectivity index (χ0v) is 13.1. The van der Waals surface area contributed by atoms with Crippen molar-refractivity contribution in [3.8, 4) is 0 Å². The molecule has 1 amide bonds. The number of aliphatic hydroxyl groups excluding tert-OH is 1. The van der Waals surface area contributed by atoms with Crippen molar-refractivity contribution in [2.75, 3.05) is 6.61 Å². The number of carbonyl (C=O) groups is 1. The number of amides is 1. The van der Waals surface area contributed by atoms with Gasteiger partial charge in [0.2, 0.25) is 5.91 Å². The van der Waals surface area contributed by atoms with E-state index >= 15 is 0 Å². The van der Waals surface area contributed by atoms with Gasteiger partial charge in [-0.15, -0.1) is 0 Å². The second-order valence-corrected chi connectivity index (χ2v) is 6.45. The molecule has 0 bridgehead atoms. The predicted octanol–water partition coefficient (Wildman–Crippen LogP) is 3.19. The van der Waals surface area contributed by atoms with E-state index in [1.807, 2.05) is 10.8 Å². The smallest absolute Gasteiger partial charge is 0.246 e. The first-order valence-electron chi connectivity index (χ1n) is 6.41. The molecule has 1 heterocycles. The topological polar surface area (TPSA) is 40.5 Å². The lowest BCUT2D eigenvalue weighted by atomic mass is 9.79. The Labute approximate surface area is 126 Å². The Morgan fingerprint density at radius 2 is 2.37 bits per heavy atom. The van der Waals surface area contributed by atoms with Crippen molar-refractivity contribution >= 4 is 33.2 Å². The third-order valence-electron chi connectivity index (χ3n) is 3.77. The maximum atomic E-state index is 12.1. The molecule has 1 aliphatic carbocycles. The third kappa shape index (κ3) is 3.27. The molecule has 5 heteroatoms. The number of hydrogen-bond acceptors (Lipinski definition) is 3. The zero-order valence-electron chi connectivity index (χ0n) is 10.7. The van der Waals surface area contributed by atoms with E-state index in [1.54, 1.807) is 16.2 Å². The van der Waals surface area contributed by atoms with E-state index in [9.17, 15) is 9.90 Å². The van der Waals surface area contributed by atoms with Crippen LogP contribution in [0.5, 0.6) is 0 Å². The van der Waals surface area contributed by atoms with E-state index in [2.05, 4.69) is 22.5 Å². The van der Waals surface area contributed by atoms with Crippen molar-refractivity contribution < 1.29 is 9.90 Å². The van der Waals surface area contributed by atoms with Gasteiger partial charge in [-0.2, -0.15) is 11.3 Å². The van der Waals surface area contributed by atoms with Crippen LogP contribution >= 0.6 is 27.3 Å². The molecule has 104 valence electrons. The van der Waals surface area contributed by atoms with E-state index in [-0.39, 0.29) is 18.6 Å². The summed E-state index contributed by atoms with van der Waals surface area (Å²) < 4.78 is 1.02. The van der Waals surface area contributed by atoms with Crippen LogP contribution in [0.3, 0.4) is 0 Å². The Bertz CT molecular complexity index is 456. The second-order valence-electron chi connectivity index (χ2n) is 4.86. The van der Waals surface area contributed by atoms with Crippen molar-refractivity contribution in [2.24, 2.45) is 5.92 Å². The Kier molecular flexibility index (Phi) is 5.19. The molecule has 1 aromatic rings. The van der Waals surface area contributed by atoms with E-state index in [0.717, 1.165) is 22.9 Å². The SMILES string of the molecule is C=CC(=O)N(Cc1cscc1Br)C(CO)C1CCC1. The normalized spacial score (nSPS) is 16.7. The highest BCUT2D eigenvalue weighted by Gasteiger charge is 2.33. The molecule has 0 radical (unpaired) electrons. The number of aliphatic hydroxyl groups is 1. The van der Waals surface area contributed by atoms with E-state index < -0.39 is 0 Å². The average Bonchev–Trinajstić information content (AvgIpc) is 2.75. The summed E-state index contributed by atoms with van der Waals surface area (Å²) in [6.45, 7) is 4.12. The lowest BCUT2D eigenvalue weighted by molar-refractivity contribution is -0.132. The Morgan fingerprint density at radius 3 is 2.79 bits per heavy atom. The van der Waals surface area contributed by atoms with Gasteiger partial charge in [0.25, 0.3) is 0 Å². The molecule has 1 unspecified atom stereocenters. The minimum absolute atomic E-state index is 0.0198. The van der Waals surface area contributed by atoms with Crippen molar-refractivity contribution in [3.05, 3.63) is 33.5 Å². The van der Waals surface area contributed by atoms with Gasteiger partial charge in [-0.05, 0) is 51.7 Å². The molecule has 1 aliphatic rings. The van der Waals surface area contributed by atoms with E-state index in [0.29, 0.717) is 12.5 Å². The average molecular weight is 344 g/mol. The molecule has 0 aromatic carbocycles. The van der Waals surface area contributed by atoms with Crippen LogP contribution < -0.4 is 0 Å². The standard InChI is InChI=1S/C14H18BrNO2S/c1-2-14(18)16(6-11-8-19-9-12(11)15)13(7-17)10-4-3-5-10/h2,8-10,13,17H,1,3-7H2. The van der Waals surface area contributed by atoms with E-state index in [4.69, 9.17) is 0 Å². The second kappa shape index (κ2) is 6.68. The van der Waals surface area contributed by atoms with Gasteiger partial charge < -0.3 is 10.0 Å². The maximum absolute atomic E-state index is 12.1. The Balaban J connectivity index is 2.17. The summed E-state index contributed by atoms with van der Waals surface area (Å²) in [5.41, 5.74) is 1.08. The van der Waals surface area contributed by atoms with Crippen molar-refractivity contribution in [1.29, 1.82) is 0 Å². The summed E-state index contributed by atoms with van der Waals surface area (Å²) >= 11 is 5.09. The summed E-state index contributed by atoms with van der Waals surface area (Å²) in [6, 6.07) is -0.0916. The lowest BCUT2D eigenvalue weighted by Gasteiger charge is -2.40. The quantitative estimate of drug-likeness (QED) is 0.806. The minimum atomic E-state index is -0.107. The van der Waals surface area contributed by atoms with Crippen LogP contribution in [-0.2, 0) is 11.3 Å². The molecule has 1 fully saturated rings. The van der Waals surface area contributed by atoms with Gasteiger partial charge >= 0.3 is 0 Å². The van der Waals surface area contributed by atoms with Crippen LogP contribution in [0.4, 0.5) is 0 Å². The number of nitrogens with zero attached hydrogens (tertiary/aromatic N) is 1. The fourth-order valence-electron chi connectivity index (χ4n) is 2.41. The fourth-order valence-corrected chi connectivity index (χ4v) is 3.83. The van der Waals surface area contributed by atoms with Gasteiger partial charge in [-0.25, -0.2) is 0 Å². The van der Waals surface area contributed by atoms with Crippen molar-refractivity contribution in [3.63, 3.8) is 0 Å². The third-order valence-corrected chi connectivity index (χ3v) is 5.60. The first-order valence-corrected chi connectivity index (χ1v) is 8.15. The fraction of sp³-hybridized carbons (Fsp3) is 0.500. The first kappa shape index (κ1) is 14.8. The molecule has 0 saturated heterocycles. The summed E-state index contributed by atoms with van der Waals surface area (Å²) in [7, 11) is 0. The van der Waals surface area contributed by atoms with Gasteiger partial charge in [-0.1, -0.05) is 13.0 Å². The van der Waals surface area contributed by atoms with E-state index in [1.165, 1.54) is 12.5 Å². The monoisotopic (exact) mass is 343 g/mol. The molecule has 0 aliphatic heterocycles. The van der Waals surface area contributed by atoms with Crippen LogP contribution in [0.25, 0.3) is 0 Å². The maximum Gasteiger partial charge on any atom is 0.246 e. The van der Waals surface area contributed by atoms with Crippen LogP contribution in [-0.4, -0.2) is 28.6 Å². The predicted molar refractivity (Wildman–Crippen MR) is 81.0 cm³/mol. The number of thiophene rings is 1. The molecule has 3 nitrogen and oxygen atoms in total. The number of halogens is 1. The molecular formula is C14H18BrNO2S. The van der Waals surface area contributed by atoms with Crippen molar-refractivity contribution in [1.82, 2.24) is 4.90 Å². The Hall–Kier alpha value is -0.650. The summed E-state index contributed by atoms with van der Waals surface area (Å²) in [5, 5.41) is 13.7. The zero-order chi connectivity index (χ0) is 13.8. The highest BCUT2D eigenvalue weighted by Crippen LogP contribution is 2.33. The highest BCUT2D eigenvalue weighted by atomic mass is 79.9. The molecule has 2 rings (SSSR count). The molecule has 1 aromatic heterocycles.